The molecule has 0 saturated carbocycles. The van der Waals surface area contributed by atoms with Crippen LogP contribution in [-0.2, 0) is 4.74 Å². The lowest BCUT2D eigenvalue weighted by Gasteiger charge is -2.41. The van der Waals surface area contributed by atoms with Gasteiger partial charge in [0.2, 0.25) is 0 Å². The van der Waals surface area contributed by atoms with Crippen LogP contribution in [-0.4, -0.2) is 81.9 Å². The monoisotopic (exact) mass is 281 g/mol. The summed E-state index contributed by atoms with van der Waals surface area (Å²) in [5.74, 6) is 0. The molecule has 1 fully saturated rings. The van der Waals surface area contributed by atoms with Gasteiger partial charge in [-0.05, 0) is 12.2 Å². The van der Waals surface area contributed by atoms with Gasteiger partial charge in [0, 0.05) is 14.1 Å². The highest BCUT2D eigenvalue weighted by Gasteiger charge is 2.43. The SMILES string of the molecule is CNC(=S)N(C)N[C@@H]1O[C@H](CO)[C@H](O)[C@@H](O)[C@H]1O. The Morgan fingerprint density at radius 2 is 1.89 bits per heavy atom. The molecule has 1 aliphatic rings. The van der Waals surface area contributed by atoms with Crippen LogP contribution >= 0.6 is 12.2 Å². The van der Waals surface area contributed by atoms with Gasteiger partial charge in [-0.25, -0.2) is 5.43 Å². The lowest BCUT2D eigenvalue weighted by Crippen LogP contribution is -2.65. The first-order chi connectivity index (χ1) is 8.42. The van der Waals surface area contributed by atoms with Crippen LogP contribution in [0, 0.1) is 0 Å². The number of nitrogens with one attached hydrogen (secondary N) is 2. The van der Waals surface area contributed by atoms with Crippen molar-refractivity contribution in [2.45, 2.75) is 30.6 Å². The van der Waals surface area contributed by atoms with E-state index < -0.39 is 37.3 Å². The van der Waals surface area contributed by atoms with Crippen molar-refractivity contribution in [2.75, 3.05) is 20.7 Å². The minimum Gasteiger partial charge on any atom is -0.394 e. The van der Waals surface area contributed by atoms with Gasteiger partial charge in [-0.1, -0.05) is 0 Å². The third-order valence-electron chi connectivity index (χ3n) is 2.73. The highest BCUT2D eigenvalue weighted by molar-refractivity contribution is 7.80. The number of aliphatic hydroxyl groups is 4. The van der Waals surface area contributed by atoms with Gasteiger partial charge in [0.15, 0.2) is 11.3 Å². The van der Waals surface area contributed by atoms with Crippen molar-refractivity contribution in [2.24, 2.45) is 0 Å². The predicted octanol–water partition coefficient (Wildman–Crippen LogP) is -3.27. The molecule has 8 nitrogen and oxygen atoms in total. The molecule has 1 rings (SSSR count). The summed E-state index contributed by atoms with van der Waals surface area (Å²) in [7, 11) is 3.23. The first-order valence-electron chi connectivity index (χ1n) is 5.44. The van der Waals surface area contributed by atoms with E-state index in [1.54, 1.807) is 14.1 Å². The summed E-state index contributed by atoms with van der Waals surface area (Å²) in [4.78, 5) is 0. The van der Waals surface area contributed by atoms with Crippen LogP contribution in [0.25, 0.3) is 0 Å². The average Bonchev–Trinajstić information content (AvgIpc) is 2.38. The van der Waals surface area contributed by atoms with E-state index in [0.717, 1.165) is 0 Å². The standard InChI is InChI=1S/C9H19N3O5S/c1-10-9(18)12(2)11-8-7(16)6(15)5(14)4(3-13)17-8/h4-8,11,13-16H,3H2,1-2H3,(H,10,18)/t4-,5+,6-,7-,8-/m1/s1. The summed E-state index contributed by atoms with van der Waals surface area (Å²) in [6.07, 6.45) is -6.06. The smallest absolute Gasteiger partial charge is 0.183 e. The van der Waals surface area contributed by atoms with Crippen molar-refractivity contribution in [3.63, 3.8) is 0 Å². The van der Waals surface area contributed by atoms with E-state index in [1.165, 1.54) is 5.01 Å². The van der Waals surface area contributed by atoms with Gasteiger partial charge in [0.25, 0.3) is 0 Å². The molecule has 1 heterocycles. The summed E-state index contributed by atoms with van der Waals surface area (Å²) >= 11 is 4.95. The molecule has 0 spiro atoms. The van der Waals surface area contributed by atoms with E-state index >= 15 is 0 Å². The topological polar surface area (TPSA) is 117 Å². The summed E-state index contributed by atoms with van der Waals surface area (Å²) in [5.41, 5.74) is 2.71. The highest BCUT2D eigenvalue weighted by Crippen LogP contribution is 2.19. The van der Waals surface area contributed by atoms with Crippen LogP contribution in [0.4, 0.5) is 0 Å². The number of hydrogen-bond donors (Lipinski definition) is 6. The molecule has 0 aromatic carbocycles. The van der Waals surface area contributed by atoms with Crippen LogP contribution < -0.4 is 10.7 Å². The molecule has 9 heteroatoms. The maximum atomic E-state index is 9.76. The van der Waals surface area contributed by atoms with E-state index in [0.29, 0.717) is 5.11 Å². The number of hydrogen-bond acceptors (Lipinski definition) is 7. The summed E-state index contributed by atoms with van der Waals surface area (Å²) in [5, 5.41) is 42.4. The van der Waals surface area contributed by atoms with E-state index in [1.807, 2.05) is 0 Å². The molecule has 5 atom stereocenters. The Balaban J connectivity index is 2.67. The normalized spacial score (nSPS) is 36.2. The van der Waals surface area contributed by atoms with Gasteiger partial charge in [-0.3, -0.25) is 5.01 Å². The van der Waals surface area contributed by atoms with Crippen molar-refractivity contribution in [3.8, 4) is 0 Å². The van der Waals surface area contributed by atoms with Gasteiger partial charge in [0.1, 0.15) is 24.4 Å². The van der Waals surface area contributed by atoms with Crippen LogP contribution in [0.2, 0.25) is 0 Å². The fourth-order valence-electron chi connectivity index (χ4n) is 1.63. The lowest BCUT2D eigenvalue weighted by molar-refractivity contribution is -0.243. The van der Waals surface area contributed by atoms with Crippen LogP contribution in [0.5, 0.6) is 0 Å². The highest BCUT2D eigenvalue weighted by atomic mass is 32.1. The van der Waals surface area contributed by atoms with Gasteiger partial charge >= 0.3 is 0 Å². The van der Waals surface area contributed by atoms with Gasteiger partial charge in [-0.15, -0.1) is 0 Å². The predicted molar refractivity (Wildman–Crippen MR) is 66.3 cm³/mol. The maximum Gasteiger partial charge on any atom is 0.183 e. The quantitative estimate of drug-likeness (QED) is 0.234. The molecule has 0 aliphatic carbocycles. The van der Waals surface area contributed by atoms with E-state index in [9.17, 15) is 15.3 Å². The number of ether oxygens (including phenoxy) is 1. The summed E-state index contributed by atoms with van der Waals surface area (Å²) in [6.45, 7) is -0.469. The maximum absolute atomic E-state index is 9.76. The molecule has 1 aliphatic heterocycles. The van der Waals surface area contributed by atoms with Crippen LogP contribution in [0.3, 0.4) is 0 Å². The average molecular weight is 281 g/mol. The molecule has 18 heavy (non-hydrogen) atoms. The molecule has 0 bridgehead atoms. The number of thiocarbonyl (C=S) groups is 1. The zero-order chi connectivity index (χ0) is 13.9. The fraction of sp³-hybridized carbons (Fsp3) is 0.889. The Bertz CT molecular complexity index is 293. The Morgan fingerprint density at radius 3 is 2.39 bits per heavy atom. The zero-order valence-electron chi connectivity index (χ0n) is 10.1. The molecule has 106 valence electrons. The molecule has 0 radical (unpaired) electrons. The van der Waals surface area contributed by atoms with Crippen molar-refractivity contribution in [3.05, 3.63) is 0 Å². The van der Waals surface area contributed by atoms with Crippen molar-refractivity contribution in [1.82, 2.24) is 15.8 Å². The minimum atomic E-state index is -1.41. The Kier molecular flexibility index (Phi) is 5.66. The third kappa shape index (κ3) is 3.26. The molecule has 6 N–H and O–H groups in total. The lowest BCUT2D eigenvalue weighted by atomic mass is 9.99. The molecule has 0 aromatic rings. The van der Waals surface area contributed by atoms with E-state index in [-0.39, 0.29) is 0 Å². The second-order valence-corrected chi connectivity index (χ2v) is 4.38. The molecular weight excluding hydrogens is 262 g/mol. The molecule has 0 aromatic heterocycles. The van der Waals surface area contributed by atoms with Gasteiger partial charge < -0.3 is 30.5 Å². The first kappa shape index (κ1) is 15.5. The second-order valence-electron chi connectivity index (χ2n) is 3.99. The number of nitrogens with zero attached hydrogens (tertiary/aromatic N) is 1. The Morgan fingerprint density at radius 1 is 1.28 bits per heavy atom. The van der Waals surface area contributed by atoms with Gasteiger partial charge in [0.05, 0.1) is 6.61 Å². The van der Waals surface area contributed by atoms with Crippen molar-refractivity contribution in [1.29, 1.82) is 0 Å². The van der Waals surface area contributed by atoms with Gasteiger partial charge in [-0.2, -0.15) is 0 Å². The molecule has 1 saturated heterocycles. The first-order valence-corrected chi connectivity index (χ1v) is 5.85. The van der Waals surface area contributed by atoms with Crippen molar-refractivity contribution < 1.29 is 25.2 Å². The fourth-order valence-corrected chi connectivity index (χ4v) is 1.68. The third-order valence-corrected chi connectivity index (χ3v) is 3.21. The second kappa shape index (κ2) is 6.57. The molecule has 0 unspecified atom stereocenters. The molecular formula is C9H19N3O5S. The van der Waals surface area contributed by atoms with Crippen LogP contribution in [0.15, 0.2) is 0 Å². The number of aliphatic hydroxyl groups excluding tert-OH is 4. The summed E-state index contributed by atoms with van der Waals surface area (Å²) < 4.78 is 5.25. The zero-order valence-corrected chi connectivity index (χ0v) is 11.0. The Labute approximate surface area is 110 Å². The Hall–Kier alpha value is -0.550. The van der Waals surface area contributed by atoms with Crippen molar-refractivity contribution >= 4 is 17.3 Å². The molecule has 0 amide bonds. The van der Waals surface area contributed by atoms with E-state index in [4.69, 9.17) is 22.1 Å². The number of hydrazine groups is 1. The number of rotatable bonds is 3. The summed E-state index contributed by atoms with van der Waals surface area (Å²) in [6, 6.07) is 0. The minimum absolute atomic E-state index is 0.354. The van der Waals surface area contributed by atoms with Crippen LogP contribution in [0.1, 0.15) is 0 Å². The van der Waals surface area contributed by atoms with E-state index in [2.05, 4.69) is 10.7 Å². The largest absolute Gasteiger partial charge is 0.394 e.